The van der Waals surface area contributed by atoms with Crippen molar-refractivity contribution >= 4 is 41.5 Å². The molecule has 1 aromatic heterocycles. The average molecular weight is 531 g/mol. The van der Waals surface area contributed by atoms with Gasteiger partial charge in [0.25, 0.3) is 0 Å². The zero-order chi connectivity index (χ0) is 19.8. The SMILES string of the molecule is C=CCN1CCC(NC(=NC)NCCc2nc(-c3cccc(Cl)c3)no2)CC1.I. The molecule has 2 heterocycles. The molecule has 1 fully saturated rings. The van der Waals surface area contributed by atoms with Crippen LogP contribution in [0.1, 0.15) is 18.7 Å². The highest BCUT2D eigenvalue weighted by molar-refractivity contribution is 14.0. The Bertz CT molecular complexity index is 804. The van der Waals surface area contributed by atoms with E-state index in [9.17, 15) is 0 Å². The van der Waals surface area contributed by atoms with E-state index in [4.69, 9.17) is 16.1 Å². The quantitative estimate of drug-likeness (QED) is 0.247. The highest BCUT2D eigenvalue weighted by atomic mass is 127. The maximum atomic E-state index is 6.02. The third-order valence-electron chi connectivity index (χ3n) is 4.72. The number of aliphatic imine (C=N–C) groups is 1. The molecular formula is C20H28ClIN6O. The number of benzene rings is 1. The van der Waals surface area contributed by atoms with Gasteiger partial charge in [0.05, 0.1) is 0 Å². The normalized spacial score (nSPS) is 15.6. The molecule has 0 aliphatic carbocycles. The van der Waals surface area contributed by atoms with Crippen LogP contribution in [0.4, 0.5) is 0 Å². The Morgan fingerprint density at radius 2 is 2.21 bits per heavy atom. The summed E-state index contributed by atoms with van der Waals surface area (Å²) in [5.74, 6) is 1.93. The number of nitrogens with one attached hydrogen (secondary N) is 2. The van der Waals surface area contributed by atoms with Crippen LogP contribution in [0.5, 0.6) is 0 Å². The highest BCUT2D eigenvalue weighted by Gasteiger charge is 2.19. The van der Waals surface area contributed by atoms with Crippen molar-refractivity contribution in [3.8, 4) is 11.4 Å². The molecule has 1 aliphatic rings. The van der Waals surface area contributed by atoms with E-state index in [1.165, 1.54) is 0 Å². The van der Waals surface area contributed by atoms with Gasteiger partial charge in [-0.3, -0.25) is 9.89 Å². The first-order valence-electron chi connectivity index (χ1n) is 9.57. The van der Waals surface area contributed by atoms with E-state index in [0.717, 1.165) is 44.0 Å². The van der Waals surface area contributed by atoms with Crippen LogP contribution in [0, 0.1) is 0 Å². The van der Waals surface area contributed by atoms with Crippen molar-refractivity contribution in [1.82, 2.24) is 25.7 Å². The molecule has 9 heteroatoms. The molecule has 7 nitrogen and oxygen atoms in total. The summed E-state index contributed by atoms with van der Waals surface area (Å²) < 4.78 is 5.34. The summed E-state index contributed by atoms with van der Waals surface area (Å²) in [6.45, 7) is 7.58. The van der Waals surface area contributed by atoms with Crippen LogP contribution in [-0.4, -0.2) is 60.3 Å². The van der Waals surface area contributed by atoms with Crippen molar-refractivity contribution in [2.75, 3.05) is 33.2 Å². The van der Waals surface area contributed by atoms with Crippen LogP contribution < -0.4 is 10.6 Å². The Morgan fingerprint density at radius 1 is 1.41 bits per heavy atom. The summed E-state index contributed by atoms with van der Waals surface area (Å²) in [5.41, 5.74) is 0.843. The van der Waals surface area contributed by atoms with Crippen LogP contribution in [-0.2, 0) is 6.42 Å². The van der Waals surface area contributed by atoms with Crippen molar-refractivity contribution < 1.29 is 4.52 Å². The number of guanidine groups is 1. The van der Waals surface area contributed by atoms with Crippen LogP contribution in [0.15, 0.2) is 46.4 Å². The Hall–Kier alpha value is -1.65. The zero-order valence-electron chi connectivity index (χ0n) is 16.6. The summed E-state index contributed by atoms with van der Waals surface area (Å²) in [4.78, 5) is 11.2. The van der Waals surface area contributed by atoms with Crippen molar-refractivity contribution in [2.45, 2.75) is 25.3 Å². The summed E-state index contributed by atoms with van der Waals surface area (Å²) in [5, 5.41) is 11.5. The molecule has 1 aromatic carbocycles. The lowest BCUT2D eigenvalue weighted by molar-refractivity contribution is 0.225. The van der Waals surface area contributed by atoms with Gasteiger partial charge in [0.15, 0.2) is 5.96 Å². The number of halogens is 2. The third-order valence-corrected chi connectivity index (χ3v) is 4.96. The predicted molar refractivity (Wildman–Crippen MR) is 128 cm³/mol. The molecule has 158 valence electrons. The molecule has 0 spiro atoms. The Morgan fingerprint density at radius 3 is 2.90 bits per heavy atom. The third kappa shape index (κ3) is 7.27. The number of nitrogens with zero attached hydrogens (tertiary/aromatic N) is 4. The smallest absolute Gasteiger partial charge is 0.228 e. The number of aromatic nitrogens is 2. The predicted octanol–water partition coefficient (Wildman–Crippen LogP) is 3.37. The van der Waals surface area contributed by atoms with Gasteiger partial charge in [-0.2, -0.15) is 4.98 Å². The largest absolute Gasteiger partial charge is 0.356 e. The van der Waals surface area contributed by atoms with Crippen LogP contribution in [0.3, 0.4) is 0 Å². The maximum Gasteiger partial charge on any atom is 0.228 e. The molecule has 0 atom stereocenters. The van der Waals surface area contributed by atoms with Crippen molar-refractivity contribution in [3.05, 3.63) is 47.8 Å². The fourth-order valence-electron chi connectivity index (χ4n) is 3.22. The van der Waals surface area contributed by atoms with Gasteiger partial charge < -0.3 is 15.2 Å². The standard InChI is InChI=1S/C20H27ClN6O.HI/c1-3-11-27-12-8-17(9-13-27)24-20(22-2)23-10-7-18-25-19(26-28-18)15-5-4-6-16(21)14-15;/h3-6,14,17H,1,7-13H2,2H3,(H2,22,23,24);1H. The topological polar surface area (TPSA) is 78.6 Å². The number of likely N-dealkylation sites (tertiary alicyclic amines) is 1. The average Bonchev–Trinajstić information content (AvgIpc) is 3.18. The van der Waals surface area contributed by atoms with Crippen LogP contribution >= 0.6 is 35.6 Å². The van der Waals surface area contributed by atoms with Crippen LogP contribution in [0.25, 0.3) is 11.4 Å². The van der Waals surface area contributed by atoms with Gasteiger partial charge in [-0.1, -0.05) is 35.0 Å². The first-order valence-corrected chi connectivity index (χ1v) is 9.94. The second kappa shape index (κ2) is 12.1. The van der Waals surface area contributed by atoms with Gasteiger partial charge in [-0.25, -0.2) is 0 Å². The molecule has 0 unspecified atom stereocenters. The van der Waals surface area contributed by atoms with Crippen molar-refractivity contribution in [3.63, 3.8) is 0 Å². The minimum absolute atomic E-state index is 0. The number of hydrogen-bond acceptors (Lipinski definition) is 5. The summed E-state index contributed by atoms with van der Waals surface area (Å²) >= 11 is 6.02. The van der Waals surface area contributed by atoms with E-state index in [-0.39, 0.29) is 24.0 Å². The van der Waals surface area contributed by atoms with E-state index >= 15 is 0 Å². The molecule has 1 aliphatic heterocycles. The first-order chi connectivity index (χ1) is 13.7. The van der Waals surface area contributed by atoms with Crippen molar-refractivity contribution in [1.29, 1.82) is 0 Å². The van der Waals surface area contributed by atoms with Gasteiger partial charge in [0.1, 0.15) is 0 Å². The summed E-state index contributed by atoms with van der Waals surface area (Å²) in [7, 11) is 1.78. The maximum absolute atomic E-state index is 6.02. The fourth-order valence-corrected chi connectivity index (χ4v) is 3.41. The summed E-state index contributed by atoms with van der Waals surface area (Å²) in [6, 6.07) is 7.85. The Kier molecular flexibility index (Phi) is 9.89. The minimum atomic E-state index is 0. The van der Waals surface area contributed by atoms with Gasteiger partial charge in [0, 0.05) is 56.3 Å². The molecule has 1 saturated heterocycles. The molecule has 0 bridgehead atoms. The molecular weight excluding hydrogens is 503 g/mol. The van der Waals surface area contributed by atoms with Gasteiger partial charge >= 0.3 is 0 Å². The number of piperidine rings is 1. The molecule has 2 aromatic rings. The molecule has 29 heavy (non-hydrogen) atoms. The van der Waals surface area contributed by atoms with Gasteiger partial charge in [-0.05, 0) is 25.0 Å². The van der Waals surface area contributed by atoms with E-state index in [0.29, 0.717) is 35.7 Å². The molecule has 3 rings (SSSR count). The summed E-state index contributed by atoms with van der Waals surface area (Å²) in [6.07, 6.45) is 4.78. The second-order valence-corrected chi connectivity index (χ2v) is 7.22. The van der Waals surface area contributed by atoms with Gasteiger partial charge in [0.2, 0.25) is 11.7 Å². The lowest BCUT2D eigenvalue weighted by Gasteiger charge is -2.32. The Balaban J connectivity index is 0.00000300. The highest BCUT2D eigenvalue weighted by Crippen LogP contribution is 2.19. The van der Waals surface area contributed by atoms with E-state index < -0.39 is 0 Å². The fraction of sp³-hybridized carbons (Fsp3) is 0.450. The zero-order valence-corrected chi connectivity index (χ0v) is 19.7. The van der Waals surface area contributed by atoms with E-state index in [1.54, 1.807) is 7.05 Å². The number of rotatable bonds is 7. The second-order valence-electron chi connectivity index (χ2n) is 6.78. The number of hydrogen-bond donors (Lipinski definition) is 2. The van der Waals surface area contributed by atoms with Gasteiger partial charge in [-0.15, -0.1) is 30.6 Å². The minimum Gasteiger partial charge on any atom is -0.356 e. The lowest BCUT2D eigenvalue weighted by atomic mass is 10.1. The molecule has 0 saturated carbocycles. The van der Waals surface area contributed by atoms with Crippen LogP contribution in [0.2, 0.25) is 5.02 Å². The Labute approximate surface area is 194 Å². The lowest BCUT2D eigenvalue weighted by Crippen LogP contribution is -2.49. The molecule has 0 radical (unpaired) electrons. The van der Waals surface area contributed by atoms with E-state index in [1.807, 2.05) is 30.3 Å². The van der Waals surface area contributed by atoms with Crippen molar-refractivity contribution in [2.24, 2.45) is 4.99 Å². The molecule has 0 amide bonds. The molecule has 2 N–H and O–H groups in total. The van der Waals surface area contributed by atoms with E-state index in [2.05, 4.69) is 37.2 Å². The first kappa shape index (κ1) is 23.6. The monoisotopic (exact) mass is 530 g/mol.